The van der Waals surface area contributed by atoms with E-state index in [1.165, 1.54) is 12.1 Å². The molecule has 0 aliphatic carbocycles. The average molecular weight is 325 g/mol. The van der Waals surface area contributed by atoms with Crippen molar-refractivity contribution in [2.24, 2.45) is 0 Å². The number of anilines is 1. The van der Waals surface area contributed by atoms with Crippen LogP contribution in [0.2, 0.25) is 0 Å². The highest BCUT2D eigenvalue weighted by molar-refractivity contribution is 5.97. The van der Waals surface area contributed by atoms with Crippen LogP contribution in [0.3, 0.4) is 0 Å². The smallest absolute Gasteiger partial charge is 0.266 e. The molecule has 2 aromatic carbocycles. The van der Waals surface area contributed by atoms with Crippen molar-refractivity contribution in [1.82, 2.24) is 10.1 Å². The number of carbonyl (C=O) groups excluding carboxylic acids is 1. The Morgan fingerprint density at radius 2 is 1.92 bits per heavy atom. The Morgan fingerprint density at radius 1 is 1.12 bits per heavy atom. The highest BCUT2D eigenvalue weighted by Gasteiger charge is 2.29. The molecule has 0 saturated carbocycles. The number of nitrogens with one attached hydrogen (secondary N) is 1. The van der Waals surface area contributed by atoms with Crippen molar-refractivity contribution in [3.8, 4) is 17.1 Å². The summed E-state index contributed by atoms with van der Waals surface area (Å²) >= 11 is 0. The summed E-state index contributed by atoms with van der Waals surface area (Å²) in [4.78, 5) is 16.3. The number of benzene rings is 2. The first-order valence-electron chi connectivity index (χ1n) is 7.34. The topological polar surface area (TPSA) is 77.2 Å². The summed E-state index contributed by atoms with van der Waals surface area (Å²) in [6.07, 6.45) is -0.602. The Balaban J connectivity index is 1.52. The summed E-state index contributed by atoms with van der Waals surface area (Å²) < 4.78 is 23.8. The molecule has 1 atom stereocenters. The molecule has 1 N–H and O–H groups in total. The van der Waals surface area contributed by atoms with Gasteiger partial charge in [-0.05, 0) is 36.4 Å². The minimum atomic E-state index is -0.749. The number of ether oxygens (including phenoxy) is 1. The van der Waals surface area contributed by atoms with E-state index in [-0.39, 0.29) is 24.0 Å². The second-order valence-corrected chi connectivity index (χ2v) is 5.31. The first kappa shape index (κ1) is 14.4. The fourth-order valence-corrected chi connectivity index (χ4v) is 2.44. The van der Waals surface area contributed by atoms with Crippen LogP contribution in [0.15, 0.2) is 53.1 Å². The summed E-state index contributed by atoms with van der Waals surface area (Å²) in [5.74, 6) is 0.597. The van der Waals surface area contributed by atoms with Crippen molar-refractivity contribution in [1.29, 1.82) is 0 Å². The predicted octanol–water partition coefficient (Wildman–Crippen LogP) is 2.82. The van der Waals surface area contributed by atoms with Gasteiger partial charge in [0.25, 0.3) is 5.91 Å². The van der Waals surface area contributed by atoms with Crippen LogP contribution in [0.1, 0.15) is 5.89 Å². The first-order chi connectivity index (χ1) is 11.7. The summed E-state index contributed by atoms with van der Waals surface area (Å²) in [6, 6.07) is 12.9. The molecule has 0 spiro atoms. The molecule has 2 heterocycles. The number of hydrogen-bond donors (Lipinski definition) is 1. The van der Waals surface area contributed by atoms with Gasteiger partial charge in [-0.25, -0.2) is 4.39 Å². The van der Waals surface area contributed by atoms with Gasteiger partial charge in [0, 0.05) is 5.56 Å². The number of aromatic nitrogens is 2. The van der Waals surface area contributed by atoms with Crippen molar-refractivity contribution in [3.05, 3.63) is 60.2 Å². The highest BCUT2D eigenvalue weighted by atomic mass is 19.1. The van der Waals surface area contributed by atoms with Crippen LogP contribution in [0.25, 0.3) is 11.4 Å². The third-order valence-electron chi connectivity index (χ3n) is 3.64. The van der Waals surface area contributed by atoms with Crippen LogP contribution >= 0.6 is 0 Å². The van der Waals surface area contributed by atoms with Crippen molar-refractivity contribution >= 4 is 11.6 Å². The molecule has 1 aromatic heterocycles. The van der Waals surface area contributed by atoms with Gasteiger partial charge >= 0.3 is 0 Å². The van der Waals surface area contributed by atoms with Gasteiger partial charge in [0.15, 0.2) is 6.10 Å². The summed E-state index contributed by atoms with van der Waals surface area (Å²) in [5.41, 5.74) is 1.27. The van der Waals surface area contributed by atoms with E-state index >= 15 is 0 Å². The minimum absolute atomic E-state index is 0.147. The van der Waals surface area contributed by atoms with Gasteiger partial charge in [-0.1, -0.05) is 17.3 Å². The van der Waals surface area contributed by atoms with Gasteiger partial charge < -0.3 is 14.6 Å². The number of carbonyl (C=O) groups is 1. The molecule has 120 valence electrons. The van der Waals surface area contributed by atoms with Gasteiger partial charge in [-0.3, -0.25) is 4.79 Å². The molecule has 4 rings (SSSR count). The van der Waals surface area contributed by atoms with Crippen molar-refractivity contribution < 1.29 is 18.4 Å². The second kappa shape index (κ2) is 5.77. The van der Waals surface area contributed by atoms with Crippen LogP contribution in [0.4, 0.5) is 10.1 Å². The molecule has 3 aromatic rings. The molecule has 0 fully saturated rings. The normalized spacial score (nSPS) is 16.2. The van der Waals surface area contributed by atoms with Gasteiger partial charge in [-0.15, -0.1) is 0 Å². The minimum Gasteiger partial charge on any atom is -0.478 e. The van der Waals surface area contributed by atoms with Crippen LogP contribution in [0, 0.1) is 5.82 Å². The Labute approximate surface area is 136 Å². The van der Waals surface area contributed by atoms with Crippen LogP contribution < -0.4 is 10.1 Å². The molecule has 1 aliphatic rings. The average Bonchev–Trinajstić information content (AvgIpc) is 3.05. The van der Waals surface area contributed by atoms with Gasteiger partial charge in [0.1, 0.15) is 11.6 Å². The summed E-state index contributed by atoms with van der Waals surface area (Å²) in [5, 5.41) is 6.63. The van der Waals surface area contributed by atoms with E-state index < -0.39 is 6.10 Å². The second-order valence-electron chi connectivity index (χ2n) is 5.31. The lowest BCUT2D eigenvalue weighted by molar-refractivity contribution is -0.123. The third kappa shape index (κ3) is 2.71. The number of amides is 1. The molecular formula is C17H12FN3O3. The quantitative estimate of drug-likeness (QED) is 0.801. The summed E-state index contributed by atoms with van der Waals surface area (Å²) in [6.45, 7) is 0. The van der Waals surface area contributed by atoms with E-state index in [4.69, 9.17) is 9.26 Å². The van der Waals surface area contributed by atoms with E-state index in [1.807, 2.05) is 12.1 Å². The third-order valence-corrected chi connectivity index (χ3v) is 3.64. The number of halogens is 1. The Kier molecular flexibility index (Phi) is 3.45. The zero-order chi connectivity index (χ0) is 16.5. The highest BCUT2D eigenvalue weighted by Crippen LogP contribution is 2.29. The lowest BCUT2D eigenvalue weighted by Crippen LogP contribution is -2.38. The molecule has 1 unspecified atom stereocenters. The maximum atomic E-state index is 13.0. The van der Waals surface area contributed by atoms with Gasteiger partial charge in [-0.2, -0.15) is 4.98 Å². The van der Waals surface area contributed by atoms with Crippen LogP contribution in [-0.2, 0) is 11.2 Å². The van der Waals surface area contributed by atoms with Gasteiger partial charge in [0.2, 0.25) is 11.7 Å². The number of rotatable bonds is 3. The molecule has 24 heavy (non-hydrogen) atoms. The molecule has 1 aliphatic heterocycles. The molecule has 6 nitrogen and oxygen atoms in total. The van der Waals surface area contributed by atoms with E-state index in [2.05, 4.69) is 15.5 Å². The van der Waals surface area contributed by atoms with E-state index in [1.54, 1.807) is 24.3 Å². The Morgan fingerprint density at radius 3 is 2.75 bits per heavy atom. The molecule has 0 bridgehead atoms. The fourth-order valence-electron chi connectivity index (χ4n) is 2.44. The molecule has 0 radical (unpaired) electrons. The maximum absolute atomic E-state index is 13.0. The van der Waals surface area contributed by atoms with E-state index in [0.29, 0.717) is 22.8 Å². The molecule has 1 amide bonds. The number of hydrogen-bond acceptors (Lipinski definition) is 5. The predicted molar refractivity (Wildman–Crippen MR) is 82.9 cm³/mol. The molecular weight excluding hydrogens is 313 g/mol. The lowest BCUT2D eigenvalue weighted by atomic mass is 10.1. The van der Waals surface area contributed by atoms with Crippen molar-refractivity contribution in [3.63, 3.8) is 0 Å². The van der Waals surface area contributed by atoms with Crippen molar-refractivity contribution in [2.75, 3.05) is 5.32 Å². The SMILES string of the molecule is O=C1Nc2ccccc2OC1Cc1nc(-c2ccc(F)cc2)no1. The fraction of sp³-hybridized carbons (Fsp3) is 0.118. The molecule has 0 saturated heterocycles. The zero-order valence-corrected chi connectivity index (χ0v) is 12.4. The molecule has 7 heteroatoms. The Hall–Kier alpha value is -3.22. The van der Waals surface area contributed by atoms with E-state index in [0.717, 1.165) is 0 Å². The van der Waals surface area contributed by atoms with Crippen molar-refractivity contribution in [2.45, 2.75) is 12.5 Å². The van der Waals surface area contributed by atoms with Gasteiger partial charge in [0.05, 0.1) is 12.1 Å². The summed E-state index contributed by atoms with van der Waals surface area (Å²) in [7, 11) is 0. The first-order valence-corrected chi connectivity index (χ1v) is 7.34. The zero-order valence-electron chi connectivity index (χ0n) is 12.4. The van der Waals surface area contributed by atoms with Crippen LogP contribution in [0.5, 0.6) is 5.75 Å². The standard InChI is InChI=1S/C17H12FN3O3/c18-11-7-5-10(6-8-11)16-20-15(24-21-16)9-14-17(22)19-12-3-1-2-4-13(12)23-14/h1-8,14H,9H2,(H,19,22). The lowest BCUT2D eigenvalue weighted by Gasteiger charge is -2.24. The number of fused-ring (bicyclic) bond motifs is 1. The maximum Gasteiger partial charge on any atom is 0.266 e. The number of nitrogens with zero attached hydrogens (tertiary/aromatic N) is 2. The number of para-hydroxylation sites is 2. The monoisotopic (exact) mass is 325 g/mol. The largest absolute Gasteiger partial charge is 0.478 e. The van der Waals surface area contributed by atoms with Crippen LogP contribution in [-0.4, -0.2) is 22.2 Å². The van der Waals surface area contributed by atoms with E-state index in [9.17, 15) is 9.18 Å². The Bertz CT molecular complexity index is 892.